The van der Waals surface area contributed by atoms with Crippen molar-refractivity contribution in [3.05, 3.63) is 82.9 Å². The number of benzene rings is 3. The van der Waals surface area contributed by atoms with Crippen LogP contribution in [-0.4, -0.2) is 47.7 Å². The molecule has 10 heteroatoms. The summed E-state index contributed by atoms with van der Waals surface area (Å²) in [5.74, 6) is -4.25. The number of ether oxygens (including phenoxy) is 3. The van der Waals surface area contributed by atoms with Crippen LogP contribution in [-0.2, 0) is 19.1 Å². The fourth-order valence-corrected chi connectivity index (χ4v) is 3.65. The zero-order chi connectivity index (χ0) is 27.8. The second-order valence-electron chi connectivity index (χ2n) is 7.88. The molecule has 0 aromatic heterocycles. The summed E-state index contributed by atoms with van der Waals surface area (Å²) in [5, 5.41) is 13.6. The maximum atomic E-state index is 13.9. The highest BCUT2D eigenvalue weighted by Gasteiger charge is 2.30. The number of ketones is 2. The Morgan fingerprint density at radius 3 is 1.74 bits per heavy atom. The Balaban J connectivity index is 2.24. The molecule has 0 atom stereocenters. The van der Waals surface area contributed by atoms with Crippen LogP contribution < -0.4 is 14.8 Å². The molecule has 0 aliphatic rings. The second-order valence-corrected chi connectivity index (χ2v) is 7.88. The topological polar surface area (TPSA) is 145 Å². The number of phenols is 1. The standard InChI is InChI=1S/C28H25NO9/c1-4-36-24(33)15-29-20-13-14-21(32)26(28(35)19-10-6-8-12-23(19)38-17(3)31)25(20)27(34)18-9-5-7-11-22(18)37-16(2)30/h5-14,29,32H,4,15H2,1-3H3. The molecular formula is C28H25NO9. The van der Waals surface area contributed by atoms with Crippen LogP contribution in [0.5, 0.6) is 17.2 Å². The average molecular weight is 520 g/mol. The molecule has 10 nitrogen and oxygen atoms in total. The molecule has 0 radical (unpaired) electrons. The SMILES string of the molecule is CCOC(=O)CNc1ccc(O)c(C(=O)c2ccccc2OC(C)=O)c1C(=O)c1ccccc1OC(C)=O. The third kappa shape index (κ3) is 6.41. The van der Waals surface area contributed by atoms with Crippen molar-refractivity contribution in [3.8, 4) is 17.2 Å². The van der Waals surface area contributed by atoms with Gasteiger partial charge in [-0.1, -0.05) is 24.3 Å². The summed E-state index contributed by atoms with van der Waals surface area (Å²) >= 11 is 0. The van der Waals surface area contributed by atoms with Crippen molar-refractivity contribution in [2.75, 3.05) is 18.5 Å². The van der Waals surface area contributed by atoms with Crippen molar-refractivity contribution in [2.45, 2.75) is 20.8 Å². The lowest BCUT2D eigenvalue weighted by molar-refractivity contribution is -0.141. The van der Waals surface area contributed by atoms with E-state index in [0.717, 1.165) is 0 Å². The van der Waals surface area contributed by atoms with Crippen molar-refractivity contribution in [2.24, 2.45) is 0 Å². The molecule has 0 bridgehead atoms. The van der Waals surface area contributed by atoms with Crippen molar-refractivity contribution in [1.82, 2.24) is 0 Å². The molecule has 3 aromatic rings. The summed E-state index contributed by atoms with van der Waals surface area (Å²) < 4.78 is 15.3. The number of carbonyl (C=O) groups excluding carboxylic acids is 5. The first-order valence-electron chi connectivity index (χ1n) is 11.5. The number of nitrogens with one attached hydrogen (secondary N) is 1. The van der Waals surface area contributed by atoms with Crippen LogP contribution in [0.4, 0.5) is 5.69 Å². The van der Waals surface area contributed by atoms with Crippen molar-refractivity contribution in [1.29, 1.82) is 0 Å². The smallest absolute Gasteiger partial charge is 0.325 e. The van der Waals surface area contributed by atoms with Gasteiger partial charge in [-0.05, 0) is 43.3 Å². The number of hydrogen-bond donors (Lipinski definition) is 2. The Morgan fingerprint density at radius 2 is 1.24 bits per heavy atom. The monoisotopic (exact) mass is 519 g/mol. The molecule has 0 saturated heterocycles. The van der Waals surface area contributed by atoms with E-state index >= 15 is 0 Å². The largest absolute Gasteiger partial charge is 0.507 e. The van der Waals surface area contributed by atoms with Crippen LogP contribution in [0.15, 0.2) is 60.7 Å². The number of aromatic hydroxyl groups is 1. The zero-order valence-electron chi connectivity index (χ0n) is 20.9. The summed E-state index contributed by atoms with van der Waals surface area (Å²) in [5.41, 5.74) is -0.845. The first-order chi connectivity index (χ1) is 18.1. The summed E-state index contributed by atoms with van der Waals surface area (Å²) in [6, 6.07) is 14.2. The Labute approximate surface area is 218 Å². The van der Waals surface area contributed by atoms with E-state index in [1.807, 2.05) is 0 Å². The van der Waals surface area contributed by atoms with Crippen LogP contribution >= 0.6 is 0 Å². The van der Waals surface area contributed by atoms with Gasteiger partial charge in [-0.25, -0.2) is 0 Å². The Morgan fingerprint density at radius 1 is 0.737 bits per heavy atom. The van der Waals surface area contributed by atoms with Crippen LogP contribution in [0.25, 0.3) is 0 Å². The van der Waals surface area contributed by atoms with Gasteiger partial charge in [-0.15, -0.1) is 0 Å². The third-order valence-electron chi connectivity index (χ3n) is 5.14. The molecule has 38 heavy (non-hydrogen) atoms. The number of para-hydroxylation sites is 2. The van der Waals surface area contributed by atoms with E-state index in [1.54, 1.807) is 19.1 Å². The first-order valence-corrected chi connectivity index (χ1v) is 11.5. The molecule has 0 amide bonds. The van der Waals surface area contributed by atoms with Crippen molar-refractivity contribution < 1.29 is 43.3 Å². The molecule has 2 N–H and O–H groups in total. The van der Waals surface area contributed by atoms with E-state index in [0.29, 0.717) is 0 Å². The quantitative estimate of drug-likeness (QED) is 0.176. The fraction of sp³-hybridized carbons (Fsp3) is 0.179. The maximum Gasteiger partial charge on any atom is 0.325 e. The fourth-order valence-electron chi connectivity index (χ4n) is 3.65. The van der Waals surface area contributed by atoms with Gasteiger partial charge < -0.3 is 24.6 Å². The van der Waals surface area contributed by atoms with Crippen molar-refractivity contribution >= 4 is 35.2 Å². The Kier molecular flexibility index (Phi) is 8.94. The molecule has 0 fully saturated rings. The van der Waals surface area contributed by atoms with Gasteiger partial charge in [0.05, 0.1) is 28.9 Å². The van der Waals surface area contributed by atoms with Gasteiger partial charge in [0.25, 0.3) is 0 Å². The molecule has 0 aliphatic carbocycles. The highest BCUT2D eigenvalue weighted by Crippen LogP contribution is 2.35. The number of hydrogen-bond acceptors (Lipinski definition) is 10. The van der Waals surface area contributed by atoms with Gasteiger partial charge in [0, 0.05) is 19.5 Å². The Bertz CT molecular complexity index is 1410. The molecule has 0 unspecified atom stereocenters. The predicted molar refractivity (Wildman–Crippen MR) is 136 cm³/mol. The lowest BCUT2D eigenvalue weighted by Gasteiger charge is -2.18. The number of esters is 3. The number of phenolic OH excluding ortho intramolecular Hbond substituents is 1. The van der Waals surface area contributed by atoms with Crippen LogP contribution in [0.1, 0.15) is 52.6 Å². The van der Waals surface area contributed by atoms with Gasteiger partial charge in [0.15, 0.2) is 5.78 Å². The molecule has 3 aromatic carbocycles. The molecule has 0 aliphatic heterocycles. The summed E-state index contributed by atoms with van der Waals surface area (Å²) in [6.45, 7) is 3.76. The highest BCUT2D eigenvalue weighted by atomic mass is 16.5. The highest BCUT2D eigenvalue weighted by molar-refractivity contribution is 6.24. The maximum absolute atomic E-state index is 13.9. The zero-order valence-corrected chi connectivity index (χ0v) is 20.9. The lowest BCUT2D eigenvalue weighted by Crippen LogP contribution is -2.21. The predicted octanol–water partition coefficient (Wildman–Crippen LogP) is 3.68. The summed E-state index contributed by atoms with van der Waals surface area (Å²) in [7, 11) is 0. The van der Waals surface area contributed by atoms with Crippen LogP contribution in [0.2, 0.25) is 0 Å². The number of carbonyl (C=O) groups is 5. The van der Waals surface area contributed by atoms with E-state index in [-0.39, 0.29) is 47.0 Å². The van der Waals surface area contributed by atoms with Gasteiger partial charge in [-0.3, -0.25) is 24.0 Å². The first kappa shape index (κ1) is 27.6. The molecule has 0 heterocycles. The van der Waals surface area contributed by atoms with Gasteiger partial charge >= 0.3 is 17.9 Å². The molecule has 0 saturated carbocycles. The lowest BCUT2D eigenvalue weighted by atomic mass is 9.90. The third-order valence-corrected chi connectivity index (χ3v) is 5.14. The molecule has 0 spiro atoms. The van der Waals surface area contributed by atoms with Gasteiger partial charge in [0.2, 0.25) is 5.78 Å². The minimum absolute atomic E-state index is 0.0341. The number of anilines is 1. The summed E-state index contributed by atoms with van der Waals surface area (Å²) in [4.78, 5) is 62.9. The minimum atomic E-state index is -0.826. The molecule has 3 rings (SSSR count). The van der Waals surface area contributed by atoms with E-state index in [4.69, 9.17) is 14.2 Å². The molecular weight excluding hydrogens is 494 g/mol. The number of rotatable bonds is 10. The van der Waals surface area contributed by atoms with Crippen molar-refractivity contribution in [3.63, 3.8) is 0 Å². The van der Waals surface area contributed by atoms with Gasteiger partial charge in [-0.2, -0.15) is 0 Å². The van der Waals surface area contributed by atoms with E-state index in [1.165, 1.54) is 62.4 Å². The van der Waals surface area contributed by atoms with Gasteiger partial charge in [0.1, 0.15) is 23.8 Å². The Hall–Kier alpha value is -4.99. The van der Waals surface area contributed by atoms with E-state index in [2.05, 4.69) is 5.32 Å². The van der Waals surface area contributed by atoms with E-state index < -0.39 is 40.8 Å². The van der Waals surface area contributed by atoms with E-state index in [9.17, 15) is 29.1 Å². The normalized spacial score (nSPS) is 10.3. The second kappa shape index (κ2) is 12.3. The molecule has 196 valence electrons. The minimum Gasteiger partial charge on any atom is -0.507 e. The van der Waals surface area contributed by atoms with Crippen LogP contribution in [0.3, 0.4) is 0 Å². The summed E-state index contributed by atoms with van der Waals surface area (Å²) in [6.07, 6.45) is 0. The average Bonchev–Trinajstić information content (AvgIpc) is 2.87. The van der Waals surface area contributed by atoms with Crippen LogP contribution in [0, 0.1) is 0 Å².